The quantitative estimate of drug-likeness (QED) is 0.811. The zero-order valence-corrected chi connectivity index (χ0v) is 14.6. The van der Waals surface area contributed by atoms with Gasteiger partial charge in [0.2, 0.25) is 0 Å². The van der Waals surface area contributed by atoms with E-state index in [2.05, 4.69) is 5.32 Å². The van der Waals surface area contributed by atoms with Crippen LogP contribution >= 0.6 is 11.6 Å². The van der Waals surface area contributed by atoms with Crippen LogP contribution in [0.25, 0.3) is 0 Å². The second-order valence-corrected chi connectivity index (χ2v) is 5.62. The Labute approximate surface area is 144 Å². The number of methoxy groups -OCH3 is 1. The van der Waals surface area contributed by atoms with Gasteiger partial charge >= 0.3 is 12.0 Å². The van der Waals surface area contributed by atoms with E-state index in [9.17, 15) is 14.7 Å². The van der Waals surface area contributed by atoms with Crippen molar-refractivity contribution in [1.29, 1.82) is 0 Å². The highest BCUT2D eigenvalue weighted by atomic mass is 35.5. The first-order valence-corrected chi connectivity index (χ1v) is 7.68. The Kier molecular flexibility index (Phi) is 5.23. The van der Waals surface area contributed by atoms with E-state index >= 15 is 0 Å². The number of rotatable bonds is 4. The molecule has 1 heterocycles. The monoisotopic (exact) mass is 354 g/mol. The third kappa shape index (κ3) is 3.12. The molecule has 0 aromatic heterocycles. The molecule has 130 valence electrons. The van der Waals surface area contributed by atoms with Crippen LogP contribution in [-0.4, -0.2) is 42.8 Å². The van der Waals surface area contributed by atoms with Crippen molar-refractivity contribution in [3.8, 4) is 11.5 Å². The van der Waals surface area contributed by atoms with Crippen LogP contribution in [0.2, 0.25) is 5.02 Å². The SMILES string of the molecule is CCOC(=O)C1=C(C)N(C)C(=O)NC1c1cc(Cl)c(O)c(OC)c1. The Morgan fingerprint density at radius 2 is 2.12 bits per heavy atom. The molecule has 1 aromatic rings. The molecule has 1 unspecified atom stereocenters. The van der Waals surface area contributed by atoms with E-state index in [1.165, 1.54) is 24.1 Å². The highest BCUT2D eigenvalue weighted by molar-refractivity contribution is 6.32. The number of carbonyl (C=O) groups excluding carboxylic acids is 2. The summed E-state index contributed by atoms with van der Waals surface area (Å²) in [5.41, 5.74) is 1.27. The van der Waals surface area contributed by atoms with Gasteiger partial charge in [0.1, 0.15) is 0 Å². The van der Waals surface area contributed by atoms with Gasteiger partial charge in [-0.1, -0.05) is 11.6 Å². The lowest BCUT2D eigenvalue weighted by Gasteiger charge is -2.33. The summed E-state index contributed by atoms with van der Waals surface area (Å²) in [5.74, 6) is -0.595. The third-order valence-electron chi connectivity index (χ3n) is 3.85. The number of aromatic hydroxyl groups is 1. The van der Waals surface area contributed by atoms with Crippen molar-refractivity contribution in [3.05, 3.63) is 34.0 Å². The molecule has 24 heavy (non-hydrogen) atoms. The summed E-state index contributed by atoms with van der Waals surface area (Å²) in [6, 6.07) is 1.86. The fourth-order valence-corrected chi connectivity index (χ4v) is 2.69. The number of ether oxygens (including phenoxy) is 2. The number of carbonyl (C=O) groups is 2. The van der Waals surface area contributed by atoms with Crippen molar-refractivity contribution in [3.63, 3.8) is 0 Å². The fraction of sp³-hybridized carbons (Fsp3) is 0.375. The number of nitrogens with one attached hydrogen (secondary N) is 1. The normalized spacial score (nSPS) is 17.6. The zero-order chi connectivity index (χ0) is 18.0. The Morgan fingerprint density at radius 1 is 1.46 bits per heavy atom. The van der Waals surface area contributed by atoms with Crippen LogP contribution in [-0.2, 0) is 9.53 Å². The molecule has 0 radical (unpaired) electrons. The number of hydrogen-bond acceptors (Lipinski definition) is 5. The second kappa shape index (κ2) is 7.00. The number of nitrogens with zero attached hydrogens (tertiary/aromatic N) is 1. The highest BCUT2D eigenvalue weighted by Gasteiger charge is 2.35. The topological polar surface area (TPSA) is 88.1 Å². The van der Waals surface area contributed by atoms with Crippen LogP contribution < -0.4 is 10.1 Å². The Balaban J connectivity index is 2.60. The van der Waals surface area contributed by atoms with Crippen LogP contribution in [0, 0.1) is 0 Å². The summed E-state index contributed by atoms with van der Waals surface area (Å²) in [6.07, 6.45) is 0. The van der Waals surface area contributed by atoms with Crippen LogP contribution in [0.5, 0.6) is 11.5 Å². The van der Waals surface area contributed by atoms with Crippen LogP contribution in [0.3, 0.4) is 0 Å². The molecule has 0 saturated heterocycles. The summed E-state index contributed by atoms with van der Waals surface area (Å²) in [4.78, 5) is 25.8. The maximum absolute atomic E-state index is 12.4. The highest BCUT2D eigenvalue weighted by Crippen LogP contribution is 2.39. The number of allylic oxidation sites excluding steroid dienone is 1. The molecule has 0 spiro atoms. The minimum Gasteiger partial charge on any atom is -0.503 e. The van der Waals surface area contributed by atoms with Gasteiger partial charge in [0.05, 0.1) is 30.4 Å². The first kappa shape index (κ1) is 17.9. The van der Waals surface area contributed by atoms with Gasteiger partial charge < -0.3 is 24.8 Å². The van der Waals surface area contributed by atoms with Crippen molar-refractivity contribution in [1.82, 2.24) is 10.2 Å². The number of halogens is 1. The first-order chi connectivity index (χ1) is 11.3. The molecule has 0 fully saturated rings. The Morgan fingerprint density at radius 3 is 2.71 bits per heavy atom. The summed E-state index contributed by atoms with van der Waals surface area (Å²) < 4.78 is 10.2. The lowest BCUT2D eigenvalue weighted by molar-refractivity contribution is -0.139. The minimum absolute atomic E-state index is 0.0541. The number of hydrogen-bond donors (Lipinski definition) is 2. The van der Waals surface area contributed by atoms with Crippen LogP contribution in [0.1, 0.15) is 25.5 Å². The Bertz CT molecular complexity index is 717. The lowest BCUT2D eigenvalue weighted by Crippen LogP contribution is -2.46. The van der Waals surface area contributed by atoms with Crippen LogP contribution in [0.4, 0.5) is 4.79 Å². The molecular formula is C16H19ClN2O5. The number of phenols is 1. The fourth-order valence-electron chi connectivity index (χ4n) is 2.47. The van der Waals surface area contributed by atoms with Crippen molar-refractivity contribution < 1.29 is 24.2 Å². The van der Waals surface area contributed by atoms with Crippen molar-refractivity contribution in [2.45, 2.75) is 19.9 Å². The molecule has 1 atom stereocenters. The van der Waals surface area contributed by atoms with Crippen molar-refractivity contribution in [2.75, 3.05) is 20.8 Å². The van der Waals surface area contributed by atoms with Gasteiger partial charge in [-0.3, -0.25) is 0 Å². The van der Waals surface area contributed by atoms with Gasteiger partial charge in [-0.15, -0.1) is 0 Å². The van der Waals surface area contributed by atoms with E-state index in [1.54, 1.807) is 20.9 Å². The summed E-state index contributed by atoms with van der Waals surface area (Å²) in [6.45, 7) is 3.57. The molecule has 0 saturated carbocycles. The maximum Gasteiger partial charge on any atom is 0.338 e. The van der Waals surface area contributed by atoms with Crippen molar-refractivity contribution in [2.24, 2.45) is 0 Å². The average Bonchev–Trinajstić information content (AvgIpc) is 2.54. The average molecular weight is 355 g/mol. The maximum atomic E-state index is 12.4. The molecule has 0 bridgehead atoms. The summed E-state index contributed by atoms with van der Waals surface area (Å²) in [7, 11) is 2.94. The first-order valence-electron chi connectivity index (χ1n) is 7.30. The van der Waals surface area contributed by atoms with Gasteiger partial charge in [0.15, 0.2) is 11.5 Å². The smallest absolute Gasteiger partial charge is 0.338 e. The number of amides is 2. The van der Waals surface area contributed by atoms with E-state index in [0.717, 1.165) is 0 Å². The molecule has 0 aliphatic carbocycles. The molecule has 2 N–H and O–H groups in total. The summed E-state index contributed by atoms with van der Waals surface area (Å²) >= 11 is 6.02. The van der Waals surface area contributed by atoms with E-state index in [0.29, 0.717) is 16.8 Å². The molecule has 1 aliphatic heterocycles. The van der Waals surface area contributed by atoms with E-state index in [1.807, 2.05) is 0 Å². The number of benzene rings is 1. The van der Waals surface area contributed by atoms with Gasteiger partial charge in [0.25, 0.3) is 0 Å². The second-order valence-electron chi connectivity index (χ2n) is 5.21. The molecule has 2 amide bonds. The third-order valence-corrected chi connectivity index (χ3v) is 4.14. The molecule has 2 rings (SSSR count). The largest absolute Gasteiger partial charge is 0.503 e. The van der Waals surface area contributed by atoms with Gasteiger partial charge in [-0.25, -0.2) is 9.59 Å². The van der Waals surface area contributed by atoms with Gasteiger partial charge in [-0.2, -0.15) is 0 Å². The molecule has 8 heteroatoms. The van der Waals surface area contributed by atoms with E-state index in [-0.39, 0.29) is 29.2 Å². The van der Waals surface area contributed by atoms with Crippen LogP contribution in [0.15, 0.2) is 23.4 Å². The standard InChI is InChI=1S/C16H19ClN2O5/c1-5-24-15(21)12-8(2)19(3)16(22)18-13(12)9-6-10(17)14(20)11(7-9)23-4/h6-7,13,20H,5H2,1-4H3,(H,18,22). The summed E-state index contributed by atoms with van der Waals surface area (Å²) in [5, 5.41) is 12.7. The molecular weight excluding hydrogens is 336 g/mol. The van der Waals surface area contributed by atoms with Crippen molar-refractivity contribution >= 4 is 23.6 Å². The Hall–Kier alpha value is -2.41. The molecule has 1 aromatic carbocycles. The number of phenolic OH excluding ortho intramolecular Hbond substituents is 1. The number of urea groups is 1. The van der Waals surface area contributed by atoms with Gasteiger partial charge in [-0.05, 0) is 31.5 Å². The predicted molar refractivity (Wildman–Crippen MR) is 88.0 cm³/mol. The molecule has 1 aliphatic rings. The van der Waals surface area contributed by atoms with E-state index in [4.69, 9.17) is 21.1 Å². The minimum atomic E-state index is -0.764. The molecule has 7 nitrogen and oxygen atoms in total. The van der Waals surface area contributed by atoms with E-state index < -0.39 is 12.0 Å². The van der Waals surface area contributed by atoms with Gasteiger partial charge in [0, 0.05) is 12.7 Å². The number of esters is 1. The lowest BCUT2D eigenvalue weighted by atomic mass is 9.94. The predicted octanol–water partition coefficient (Wildman–Crippen LogP) is 2.59. The zero-order valence-electron chi connectivity index (χ0n) is 13.8.